The zero-order valence-corrected chi connectivity index (χ0v) is 11.0. The second kappa shape index (κ2) is 5.78. The summed E-state index contributed by atoms with van der Waals surface area (Å²) in [6.45, 7) is 3.72. The van der Waals surface area contributed by atoms with Gasteiger partial charge in [0.25, 0.3) is 0 Å². The molecule has 0 bridgehead atoms. The Morgan fingerprint density at radius 3 is 2.63 bits per heavy atom. The maximum Gasteiger partial charge on any atom is 0.141 e. The normalized spacial score (nSPS) is 12.2. The number of nitrogens with zero attached hydrogens (tertiary/aromatic N) is 1. The number of rotatable bonds is 4. The molecular weight excluding hydrogens is 246 g/mol. The maximum atomic E-state index is 13.5. The van der Waals surface area contributed by atoms with E-state index in [1.54, 1.807) is 19.1 Å². The number of aromatic nitrogens is 1. The van der Waals surface area contributed by atoms with Crippen LogP contribution in [-0.2, 0) is 0 Å². The van der Waals surface area contributed by atoms with Gasteiger partial charge in [0.05, 0.1) is 17.9 Å². The van der Waals surface area contributed by atoms with E-state index in [1.807, 2.05) is 13.0 Å². The van der Waals surface area contributed by atoms with Gasteiger partial charge in [-0.3, -0.25) is 4.98 Å². The summed E-state index contributed by atoms with van der Waals surface area (Å²) in [5, 5.41) is 3.25. The average molecular weight is 262 g/mol. The molecule has 2 aromatic rings. The van der Waals surface area contributed by atoms with E-state index in [1.165, 1.54) is 18.3 Å². The molecule has 4 heteroatoms. The van der Waals surface area contributed by atoms with Crippen LogP contribution in [0.1, 0.15) is 30.6 Å². The molecule has 0 spiro atoms. The molecule has 19 heavy (non-hydrogen) atoms. The Hall–Kier alpha value is -1.97. The van der Waals surface area contributed by atoms with Crippen molar-refractivity contribution in [3.63, 3.8) is 0 Å². The van der Waals surface area contributed by atoms with Crippen LogP contribution in [0.3, 0.4) is 0 Å². The van der Waals surface area contributed by atoms with E-state index >= 15 is 0 Å². The van der Waals surface area contributed by atoms with E-state index in [-0.39, 0.29) is 17.7 Å². The van der Waals surface area contributed by atoms with E-state index in [0.717, 1.165) is 17.8 Å². The van der Waals surface area contributed by atoms with Gasteiger partial charge in [0.2, 0.25) is 0 Å². The summed E-state index contributed by atoms with van der Waals surface area (Å²) in [4.78, 5) is 4.07. The second-order valence-corrected chi connectivity index (χ2v) is 4.42. The largest absolute Gasteiger partial charge is 0.376 e. The lowest BCUT2D eigenvalue weighted by Gasteiger charge is -2.19. The van der Waals surface area contributed by atoms with Crippen LogP contribution in [0.15, 0.2) is 36.5 Å². The first-order chi connectivity index (χ1) is 9.11. The van der Waals surface area contributed by atoms with Gasteiger partial charge < -0.3 is 5.32 Å². The second-order valence-electron chi connectivity index (χ2n) is 4.42. The molecule has 2 nitrogen and oxygen atoms in total. The van der Waals surface area contributed by atoms with Gasteiger partial charge in [-0.25, -0.2) is 8.78 Å². The van der Waals surface area contributed by atoms with Crippen LogP contribution >= 0.6 is 0 Å². The first kappa shape index (κ1) is 13.5. The Balaban J connectivity index is 2.24. The Bertz CT molecular complexity index is 553. The first-order valence-corrected chi connectivity index (χ1v) is 6.25. The Kier molecular flexibility index (Phi) is 4.10. The standard InChI is InChI=1S/C15H16F2N2/c1-3-13(15-8-7-11(16)9-18-15)19-14-6-4-5-12(17)10(14)2/h4-9,13,19H,3H2,1-2H3. The predicted octanol–water partition coefficient (Wildman–Crippen LogP) is 4.23. The minimum absolute atomic E-state index is 0.0684. The molecule has 1 aromatic heterocycles. The van der Waals surface area contributed by atoms with E-state index in [2.05, 4.69) is 10.3 Å². The highest BCUT2D eigenvalue weighted by Gasteiger charge is 2.13. The van der Waals surface area contributed by atoms with Gasteiger partial charge >= 0.3 is 0 Å². The monoisotopic (exact) mass is 262 g/mol. The van der Waals surface area contributed by atoms with Gasteiger partial charge in [-0.05, 0) is 37.6 Å². The zero-order valence-electron chi connectivity index (χ0n) is 11.0. The minimum atomic E-state index is -0.361. The lowest BCUT2D eigenvalue weighted by Crippen LogP contribution is -2.12. The maximum absolute atomic E-state index is 13.5. The fourth-order valence-electron chi connectivity index (χ4n) is 1.93. The fraction of sp³-hybridized carbons (Fsp3) is 0.267. The van der Waals surface area contributed by atoms with Crippen molar-refractivity contribution in [1.29, 1.82) is 0 Å². The van der Waals surface area contributed by atoms with Gasteiger partial charge in [0.15, 0.2) is 0 Å². The zero-order chi connectivity index (χ0) is 13.8. The number of anilines is 1. The van der Waals surface area contributed by atoms with Crippen molar-refractivity contribution >= 4 is 5.69 Å². The molecule has 1 aromatic carbocycles. The van der Waals surface area contributed by atoms with E-state index in [0.29, 0.717) is 5.56 Å². The minimum Gasteiger partial charge on any atom is -0.376 e. The van der Waals surface area contributed by atoms with Crippen molar-refractivity contribution < 1.29 is 8.78 Å². The molecule has 1 atom stereocenters. The van der Waals surface area contributed by atoms with Crippen LogP contribution in [-0.4, -0.2) is 4.98 Å². The van der Waals surface area contributed by atoms with E-state index in [4.69, 9.17) is 0 Å². The van der Waals surface area contributed by atoms with Crippen molar-refractivity contribution in [2.24, 2.45) is 0 Å². The molecular formula is C15H16F2N2. The number of hydrogen-bond acceptors (Lipinski definition) is 2. The molecule has 0 amide bonds. The van der Waals surface area contributed by atoms with Crippen LogP contribution < -0.4 is 5.32 Å². The van der Waals surface area contributed by atoms with Crippen LogP contribution in [0.5, 0.6) is 0 Å². The van der Waals surface area contributed by atoms with E-state index < -0.39 is 0 Å². The quantitative estimate of drug-likeness (QED) is 0.891. The molecule has 0 fully saturated rings. The average Bonchev–Trinajstić information content (AvgIpc) is 2.42. The highest BCUT2D eigenvalue weighted by Crippen LogP contribution is 2.24. The number of hydrogen-bond donors (Lipinski definition) is 1. The number of pyridine rings is 1. The summed E-state index contributed by atoms with van der Waals surface area (Å²) in [7, 11) is 0. The van der Waals surface area contributed by atoms with E-state index in [9.17, 15) is 8.78 Å². The van der Waals surface area contributed by atoms with Crippen molar-refractivity contribution in [3.8, 4) is 0 Å². The summed E-state index contributed by atoms with van der Waals surface area (Å²) >= 11 is 0. The molecule has 0 aliphatic carbocycles. The van der Waals surface area contributed by atoms with Crippen LogP contribution in [0.2, 0.25) is 0 Å². The van der Waals surface area contributed by atoms with Gasteiger partial charge in [-0.1, -0.05) is 13.0 Å². The van der Waals surface area contributed by atoms with Crippen LogP contribution in [0.25, 0.3) is 0 Å². The molecule has 1 unspecified atom stereocenters. The third-order valence-corrected chi connectivity index (χ3v) is 3.11. The van der Waals surface area contributed by atoms with Crippen LogP contribution in [0.4, 0.5) is 14.5 Å². The topological polar surface area (TPSA) is 24.9 Å². The molecule has 0 radical (unpaired) electrons. The fourth-order valence-corrected chi connectivity index (χ4v) is 1.93. The molecule has 0 aliphatic heterocycles. The molecule has 100 valence electrons. The summed E-state index contributed by atoms with van der Waals surface area (Å²) in [5.74, 6) is -0.604. The molecule has 2 rings (SSSR count). The van der Waals surface area contributed by atoms with Crippen LogP contribution in [0, 0.1) is 18.6 Å². The third kappa shape index (κ3) is 3.08. The third-order valence-electron chi connectivity index (χ3n) is 3.11. The SMILES string of the molecule is CCC(Nc1cccc(F)c1C)c1ccc(F)cn1. The number of benzene rings is 1. The van der Waals surface area contributed by atoms with Crippen molar-refractivity contribution in [3.05, 3.63) is 59.4 Å². The van der Waals surface area contributed by atoms with Crippen molar-refractivity contribution in [2.75, 3.05) is 5.32 Å². The molecule has 1 N–H and O–H groups in total. The summed E-state index contributed by atoms with van der Waals surface area (Å²) in [5.41, 5.74) is 2.05. The summed E-state index contributed by atoms with van der Waals surface area (Å²) in [6.07, 6.45) is 1.96. The summed E-state index contributed by atoms with van der Waals surface area (Å²) in [6, 6.07) is 7.87. The predicted molar refractivity (Wildman–Crippen MR) is 72.0 cm³/mol. The van der Waals surface area contributed by atoms with Gasteiger partial charge in [-0.15, -0.1) is 0 Å². The van der Waals surface area contributed by atoms with Gasteiger partial charge in [-0.2, -0.15) is 0 Å². The number of halogens is 2. The smallest absolute Gasteiger partial charge is 0.141 e. The molecule has 0 aliphatic rings. The highest BCUT2D eigenvalue weighted by molar-refractivity contribution is 5.52. The lowest BCUT2D eigenvalue weighted by molar-refractivity contribution is 0.612. The Labute approximate surface area is 111 Å². The number of nitrogens with one attached hydrogen (secondary N) is 1. The van der Waals surface area contributed by atoms with Crippen molar-refractivity contribution in [1.82, 2.24) is 4.98 Å². The van der Waals surface area contributed by atoms with Crippen molar-refractivity contribution in [2.45, 2.75) is 26.3 Å². The first-order valence-electron chi connectivity index (χ1n) is 6.25. The summed E-state index contributed by atoms with van der Waals surface area (Å²) < 4.78 is 26.3. The van der Waals surface area contributed by atoms with Gasteiger partial charge in [0, 0.05) is 11.3 Å². The molecule has 1 heterocycles. The van der Waals surface area contributed by atoms with Gasteiger partial charge in [0.1, 0.15) is 11.6 Å². The highest BCUT2D eigenvalue weighted by atomic mass is 19.1. The Morgan fingerprint density at radius 1 is 1.21 bits per heavy atom. The lowest BCUT2D eigenvalue weighted by atomic mass is 10.1. The molecule has 0 saturated carbocycles. The Morgan fingerprint density at radius 2 is 2.00 bits per heavy atom. The molecule has 0 saturated heterocycles.